The van der Waals surface area contributed by atoms with Crippen LogP contribution in [0, 0.1) is 0 Å². The maximum Gasteiger partial charge on any atom is 0.308 e. The molecule has 1 fully saturated rings. The van der Waals surface area contributed by atoms with Gasteiger partial charge in [-0.2, -0.15) is 0 Å². The van der Waals surface area contributed by atoms with E-state index in [4.69, 9.17) is 21.7 Å². The lowest BCUT2D eigenvalue weighted by molar-refractivity contribution is -0.132. The highest BCUT2D eigenvalue weighted by Gasteiger charge is 2.26. The van der Waals surface area contributed by atoms with Crippen molar-refractivity contribution in [1.82, 2.24) is 10.6 Å². The van der Waals surface area contributed by atoms with Crippen LogP contribution in [0.15, 0.2) is 22.2 Å². The molecule has 1 saturated heterocycles. The number of halogens is 1. The van der Waals surface area contributed by atoms with E-state index < -0.39 is 17.8 Å². The SMILES string of the molecule is COc1cc(C=C2C(=O)NC(=S)NC2=O)c(Br)cc1OC(C)=O. The molecular weight excluding hydrogens is 388 g/mol. The van der Waals surface area contributed by atoms with E-state index in [1.54, 1.807) is 0 Å². The zero-order valence-corrected chi connectivity index (χ0v) is 14.5. The second-order valence-electron chi connectivity index (χ2n) is 4.41. The first-order chi connectivity index (χ1) is 10.8. The van der Waals surface area contributed by atoms with Crippen molar-refractivity contribution in [2.75, 3.05) is 7.11 Å². The molecule has 1 aliphatic heterocycles. The van der Waals surface area contributed by atoms with Gasteiger partial charge in [-0.3, -0.25) is 25.0 Å². The molecule has 7 nitrogen and oxygen atoms in total. The van der Waals surface area contributed by atoms with Gasteiger partial charge < -0.3 is 9.47 Å². The first kappa shape index (κ1) is 17.1. The number of ether oxygens (including phenoxy) is 2. The van der Waals surface area contributed by atoms with Gasteiger partial charge in [0.2, 0.25) is 0 Å². The van der Waals surface area contributed by atoms with Crippen LogP contribution < -0.4 is 20.1 Å². The number of methoxy groups -OCH3 is 1. The van der Waals surface area contributed by atoms with Crippen molar-refractivity contribution in [2.45, 2.75) is 6.92 Å². The molecule has 2 rings (SSSR count). The molecule has 0 bridgehead atoms. The number of carbonyl (C=O) groups is 3. The van der Waals surface area contributed by atoms with Crippen molar-refractivity contribution in [3.8, 4) is 11.5 Å². The Labute approximate surface area is 145 Å². The Hall–Kier alpha value is -2.26. The van der Waals surface area contributed by atoms with Crippen LogP contribution in [0.25, 0.3) is 6.08 Å². The lowest BCUT2D eigenvalue weighted by Crippen LogP contribution is -2.51. The molecule has 9 heteroatoms. The molecule has 0 unspecified atom stereocenters. The lowest BCUT2D eigenvalue weighted by atomic mass is 10.1. The van der Waals surface area contributed by atoms with Gasteiger partial charge >= 0.3 is 5.97 Å². The number of nitrogens with one attached hydrogen (secondary N) is 2. The number of esters is 1. The molecule has 1 heterocycles. The maximum atomic E-state index is 11.9. The second kappa shape index (κ2) is 6.88. The molecule has 1 aromatic rings. The Balaban J connectivity index is 2.45. The van der Waals surface area contributed by atoms with Crippen molar-refractivity contribution >= 4 is 57.1 Å². The summed E-state index contributed by atoms with van der Waals surface area (Å²) in [6.45, 7) is 1.27. The molecule has 0 spiro atoms. The van der Waals surface area contributed by atoms with Gasteiger partial charge in [-0.15, -0.1) is 0 Å². The molecule has 23 heavy (non-hydrogen) atoms. The van der Waals surface area contributed by atoms with Crippen LogP contribution >= 0.6 is 28.1 Å². The van der Waals surface area contributed by atoms with Gasteiger partial charge in [-0.25, -0.2) is 0 Å². The number of thiocarbonyl (C=S) groups is 1. The van der Waals surface area contributed by atoms with Crippen molar-refractivity contribution in [3.05, 3.63) is 27.7 Å². The highest BCUT2D eigenvalue weighted by Crippen LogP contribution is 2.34. The number of rotatable bonds is 3. The highest BCUT2D eigenvalue weighted by molar-refractivity contribution is 9.10. The normalized spacial score (nSPS) is 14.0. The summed E-state index contributed by atoms with van der Waals surface area (Å²) in [5.74, 6) is -1.21. The van der Waals surface area contributed by atoms with Crippen LogP contribution in [0.4, 0.5) is 0 Å². The van der Waals surface area contributed by atoms with E-state index in [0.29, 0.717) is 10.0 Å². The zero-order valence-electron chi connectivity index (χ0n) is 12.1. The average Bonchev–Trinajstić information content (AvgIpc) is 2.44. The molecule has 0 atom stereocenters. The molecule has 2 N–H and O–H groups in total. The molecule has 0 radical (unpaired) electrons. The largest absolute Gasteiger partial charge is 0.493 e. The Morgan fingerprint density at radius 2 is 1.83 bits per heavy atom. The molecule has 0 saturated carbocycles. The van der Waals surface area contributed by atoms with Crippen molar-refractivity contribution in [1.29, 1.82) is 0 Å². The summed E-state index contributed by atoms with van der Waals surface area (Å²) in [6.07, 6.45) is 1.37. The fraction of sp³-hybridized carbons (Fsp3) is 0.143. The van der Waals surface area contributed by atoms with E-state index in [1.807, 2.05) is 0 Å². The van der Waals surface area contributed by atoms with Crippen LogP contribution in [0.2, 0.25) is 0 Å². The van der Waals surface area contributed by atoms with E-state index in [2.05, 4.69) is 26.6 Å². The summed E-state index contributed by atoms with van der Waals surface area (Å²) >= 11 is 8.03. The predicted octanol–water partition coefficient (Wildman–Crippen LogP) is 1.30. The Morgan fingerprint density at radius 3 is 2.35 bits per heavy atom. The van der Waals surface area contributed by atoms with E-state index in [9.17, 15) is 14.4 Å². The molecule has 1 aromatic carbocycles. The maximum absolute atomic E-state index is 11.9. The summed E-state index contributed by atoms with van der Waals surface area (Å²) in [6, 6.07) is 3.04. The monoisotopic (exact) mass is 398 g/mol. The molecule has 0 aromatic heterocycles. The van der Waals surface area contributed by atoms with Gasteiger partial charge in [0, 0.05) is 11.4 Å². The average molecular weight is 399 g/mol. The van der Waals surface area contributed by atoms with Gasteiger partial charge in [0.25, 0.3) is 11.8 Å². The quantitative estimate of drug-likeness (QED) is 0.262. The van der Waals surface area contributed by atoms with E-state index >= 15 is 0 Å². The first-order valence-electron chi connectivity index (χ1n) is 6.26. The summed E-state index contributed by atoms with van der Waals surface area (Å²) in [5, 5.41) is 4.64. The first-order valence-corrected chi connectivity index (χ1v) is 7.46. The van der Waals surface area contributed by atoms with Gasteiger partial charge in [0.1, 0.15) is 5.57 Å². The summed E-state index contributed by atoms with van der Waals surface area (Å²) in [7, 11) is 1.41. The number of benzene rings is 1. The van der Waals surface area contributed by atoms with E-state index in [0.717, 1.165) is 0 Å². The van der Waals surface area contributed by atoms with E-state index in [-0.39, 0.29) is 22.2 Å². The van der Waals surface area contributed by atoms with Crippen LogP contribution in [0.1, 0.15) is 12.5 Å². The van der Waals surface area contributed by atoms with Crippen molar-refractivity contribution in [3.63, 3.8) is 0 Å². The number of hydrogen-bond donors (Lipinski definition) is 2. The smallest absolute Gasteiger partial charge is 0.308 e. The third-order valence-corrected chi connectivity index (χ3v) is 3.67. The Kier molecular flexibility index (Phi) is 5.12. The standard InChI is InChI=1S/C14H11BrN2O5S/c1-6(18)22-11-5-9(15)7(4-10(11)21-2)3-8-12(19)16-14(23)17-13(8)20/h3-5H,1-2H3,(H2,16,17,19,20,23). The van der Waals surface area contributed by atoms with Crippen LogP contribution in [-0.4, -0.2) is 30.0 Å². The van der Waals surface area contributed by atoms with Crippen LogP contribution in [-0.2, 0) is 14.4 Å². The van der Waals surface area contributed by atoms with E-state index in [1.165, 1.54) is 32.2 Å². The molecule has 0 aliphatic carbocycles. The third-order valence-electron chi connectivity index (χ3n) is 2.78. The molecule has 120 valence electrons. The minimum atomic E-state index is -0.603. The summed E-state index contributed by atoms with van der Waals surface area (Å²) < 4.78 is 10.7. The summed E-state index contributed by atoms with van der Waals surface area (Å²) in [4.78, 5) is 34.8. The number of amides is 2. The van der Waals surface area contributed by atoms with Crippen molar-refractivity contribution < 1.29 is 23.9 Å². The third kappa shape index (κ3) is 3.93. The fourth-order valence-corrected chi connectivity index (χ4v) is 2.44. The number of carbonyl (C=O) groups excluding carboxylic acids is 3. The van der Waals surface area contributed by atoms with Gasteiger partial charge in [0.05, 0.1) is 7.11 Å². The van der Waals surface area contributed by atoms with Crippen molar-refractivity contribution in [2.24, 2.45) is 0 Å². The Bertz CT molecular complexity index is 738. The second-order valence-corrected chi connectivity index (χ2v) is 5.68. The summed E-state index contributed by atoms with van der Waals surface area (Å²) in [5.41, 5.74) is 0.382. The minimum Gasteiger partial charge on any atom is -0.493 e. The number of hydrogen-bond acceptors (Lipinski definition) is 6. The van der Waals surface area contributed by atoms with Crippen LogP contribution in [0.3, 0.4) is 0 Å². The highest BCUT2D eigenvalue weighted by atomic mass is 79.9. The molecule has 2 amide bonds. The lowest BCUT2D eigenvalue weighted by Gasteiger charge is -2.17. The Morgan fingerprint density at radius 1 is 1.22 bits per heavy atom. The topological polar surface area (TPSA) is 93.7 Å². The van der Waals surface area contributed by atoms with Gasteiger partial charge in [-0.1, -0.05) is 15.9 Å². The fourth-order valence-electron chi connectivity index (χ4n) is 1.82. The molecular formula is C14H11BrN2O5S. The predicted molar refractivity (Wildman–Crippen MR) is 88.9 cm³/mol. The minimum absolute atomic E-state index is 0.0426. The van der Waals surface area contributed by atoms with Crippen LogP contribution in [0.5, 0.6) is 11.5 Å². The zero-order chi connectivity index (χ0) is 17.1. The van der Waals surface area contributed by atoms with Gasteiger partial charge in [0.15, 0.2) is 16.6 Å². The van der Waals surface area contributed by atoms with Gasteiger partial charge in [-0.05, 0) is 36.0 Å². The molecule has 1 aliphatic rings.